The van der Waals surface area contributed by atoms with E-state index in [2.05, 4.69) is 9.97 Å². The summed E-state index contributed by atoms with van der Waals surface area (Å²) in [6.45, 7) is 3.94. The van der Waals surface area contributed by atoms with Gasteiger partial charge in [0.15, 0.2) is 0 Å². The average molecular weight is 336 g/mol. The van der Waals surface area contributed by atoms with Gasteiger partial charge in [0.2, 0.25) is 0 Å². The SMILES string of the molecule is CC(C)N(C)C(=O)c1ccc(-c2nc3c(C(N)=O)cccc3[nH]2)cc1. The van der Waals surface area contributed by atoms with Crippen LogP contribution in [-0.4, -0.2) is 39.8 Å². The number of benzene rings is 2. The first-order valence-corrected chi connectivity index (χ1v) is 8.04. The smallest absolute Gasteiger partial charge is 0.253 e. The number of carbonyl (C=O) groups excluding carboxylic acids is 2. The van der Waals surface area contributed by atoms with Crippen molar-refractivity contribution in [3.05, 3.63) is 53.6 Å². The number of nitrogens with one attached hydrogen (secondary N) is 1. The lowest BCUT2D eigenvalue weighted by Gasteiger charge is -2.21. The Morgan fingerprint density at radius 2 is 1.80 bits per heavy atom. The molecule has 0 aliphatic rings. The second kappa shape index (κ2) is 6.39. The predicted octanol–water partition coefficient (Wildman–Crippen LogP) is 2.81. The van der Waals surface area contributed by atoms with Crippen molar-refractivity contribution < 1.29 is 9.59 Å². The van der Waals surface area contributed by atoms with Crippen LogP contribution in [0.15, 0.2) is 42.5 Å². The molecule has 3 aromatic rings. The largest absolute Gasteiger partial charge is 0.366 e. The number of amides is 2. The molecule has 1 heterocycles. The lowest BCUT2D eigenvalue weighted by molar-refractivity contribution is 0.0754. The summed E-state index contributed by atoms with van der Waals surface area (Å²) in [6, 6.07) is 12.6. The predicted molar refractivity (Wildman–Crippen MR) is 97.3 cm³/mol. The number of imidazole rings is 1. The van der Waals surface area contributed by atoms with Crippen LogP contribution >= 0.6 is 0 Å². The summed E-state index contributed by atoms with van der Waals surface area (Å²) in [5.74, 6) is 0.0865. The molecule has 3 N–H and O–H groups in total. The minimum absolute atomic E-state index is 0.0258. The Hall–Kier alpha value is -3.15. The van der Waals surface area contributed by atoms with Gasteiger partial charge in [0.25, 0.3) is 11.8 Å². The van der Waals surface area contributed by atoms with Gasteiger partial charge in [-0.05, 0) is 38.1 Å². The van der Waals surface area contributed by atoms with Gasteiger partial charge in [0, 0.05) is 24.2 Å². The Labute approximate surface area is 145 Å². The molecule has 0 bridgehead atoms. The second-order valence-electron chi connectivity index (χ2n) is 6.24. The van der Waals surface area contributed by atoms with E-state index in [-0.39, 0.29) is 11.9 Å². The fourth-order valence-electron chi connectivity index (χ4n) is 2.58. The highest BCUT2D eigenvalue weighted by atomic mass is 16.2. The minimum Gasteiger partial charge on any atom is -0.366 e. The van der Waals surface area contributed by atoms with E-state index in [9.17, 15) is 9.59 Å². The van der Waals surface area contributed by atoms with E-state index in [0.717, 1.165) is 11.1 Å². The van der Waals surface area contributed by atoms with Crippen LogP contribution in [0.3, 0.4) is 0 Å². The fraction of sp³-hybridized carbons (Fsp3) is 0.211. The molecule has 0 aliphatic carbocycles. The summed E-state index contributed by atoms with van der Waals surface area (Å²) in [7, 11) is 1.78. The zero-order valence-corrected chi connectivity index (χ0v) is 14.4. The number of para-hydroxylation sites is 1. The van der Waals surface area contributed by atoms with Crippen molar-refractivity contribution in [2.75, 3.05) is 7.05 Å². The van der Waals surface area contributed by atoms with E-state index in [1.54, 1.807) is 36.2 Å². The standard InChI is InChI=1S/C19H20N4O2/c1-11(2)23(3)19(25)13-9-7-12(8-10-13)18-21-15-6-4-5-14(17(20)24)16(15)22-18/h4-11H,1-3H3,(H2,20,24)(H,21,22). The summed E-state index contributed by atoms with van der Waals surface area (Å²) >= 11 is 0. The van der Waals surface area contributed by atoms with Crippen molar-refractivity contribution in [1.82, 2.24) is 14.9 Å². The van der Waals surface area contributed by atoms with Gasteiger partial charge in [-0.25, -0.2) is 4.98 Å². The van der Waals surface area contributed by atoms with Crippen LogP contribution < -0.4 is 5.73 Å². The van der Waals surface area contributed by atoms with Crippen molar-refractivity contribution in [3.8, 4) is 11.4 Å². The molecule has 0 atom stereocenters. The number of primary amides is 1. The van der Waals surface area contributed by atoms with Crippen LogP contribution in [0, 0.1) is 0 Å². The topological polar surface area (TPSA) is 92.1 Å². The van der Waals surface area contributed by atoms with Gasteiger partial charge in [-0.15, -0.1) is 0 Å². The Morgan fingerprint density at radius 3 is 2.40 bits per heavy atom. The Kier molecular flexibility index (Phi) is 4.27. The lowest BCUT2D eigenvalue weighted by atomic mass is 10.1. The Bertz CT molecular complexity index is 942. The van der Waals surface area contributed by atoms with Crippen LogP contribution in [0.1, 0.15) is 34.6 Å². The van der Waals surface area contributed by atoms with Gasteiger partial charge in [-0.3, -0.25) is 9.59 Å². The summed E-state index contributed by atoms with van der Waals surface area (Å²) < 4.78 is 0. The maximum Gasteiger partial charge on any atom is 0.253 e. The number of carbonyl (C=O) groups is 2. The van der Waals surface area contributed by atoms with E-state index in [0.29, 0.717) is 22.5 Å². The molecule has 6 nitrogen and oxygen atoms in total. The summed E-state index contributed by atoms with van der Waals surface area (Å²) in [5.41, 5.74) is 8.51. The zero-order valence-electron chi connectivity index (χ0n) is 14.4. The van der Waals surface area contributed by atoms with E-state index in [1.807, 2.05) is 32.0 Å². The summed E-state index contributed by atoms with van der Waals surface area (Å²) in [4.78, 5) is 33.2. The number of aromatic nitrogens is 2. The van der Waals surface area contributed by atoms with E-state index in [4.69, 9.17) is 5.73 Å². The molecular weight excluding hydrogens is 316 g/mol. The number of nitrogens with two attached hydrogens (primary N) is 1. The second-order valence-corrected chi connectivity index (χ2v) is 6.24. The maximum atomic E-state index is 12.3. The zero-order chi connectivity index (χ0) is 18.1. The maximum absolute atomic E-state index is 12.3. The molecule has 0 unspecified atom stereocenters. The number of nitrogens with zero attached hydrogens (tertiary/aromatic N) is 2. The van der Waals surface area contributed by atoms with Crippen LogP contribution in [0.25, 0.3) is 22.4 Å². The number of fused-ring (bicyclic) bond motifs is 1. The lowest BCUT2D eigenvalue weighted by Crippen LogP contribution is -2.32. The van der Waals surface area contributed by atoms with Gasteiger partial charge in [0.1, 0.15) is 11.3 Å². The molecule has 25 heavy (non-hydrogen) atoms. The molecule has 6 heteroatoms. The number of aromatic amines is 1. The van der Waals surface area contributed by atoms with Crippen molar-refractivity contribution in [2.45, 2.75) is 19.9 Å². The highest BCUT2D eigenvalue weighted by Crippen LogP contribution is 2.23. The summed E-state index contributed by atoms with van der Waals surface area (Å²) in [6.07, 6.45) is 0. The van der Waals surface area contributed by atoms with Gasteiger partial charge in [-0.1, -0.05) is 18.2 Å². The molecule has 128 valence electrons. The van der Waals surface area contributed by atoms with E-state index in [1.165, 1.54) is 0 Å². The first-order chi connectivity index (χ1) is 11.9. The van der Waals surface area contributed by atoms with Crippen molar-refractivity contribution >= 4 is 22.8 Å². The molecule has 1 aromatic heterocycles. The molecular formula is C19H20N4O2. The Morgan fingerprint density at radius 1 is 1.12 bits per heavy atom. The first-order valence-electron chi connectivity index (χ1n) is 8.04. The van der Waals surface area contributed by atoms with Gasteiger partial charge >= 0.3 is 0 Å². The van der Waals surface area contributed by atoms with Crippen LogP contribution in [-0.2, 0) is 0 Å². The van der Waals surface area contributed by atoms with E-state index >= 15 is 0 Å². The molecule has 0 fully saturated rings. The number of rotatable bonds is 4. The number of hydrogen-bond donors (Lipinski definition) is 2. The first kappa shape index (κ1) is 16.7. The average Bonchev–Trinajstić information content (AvgIpc) is 3.04. The van der Waals surface area contributed by atoms with Crippen molar-refractivity contribution in [2.24, 2.45) is 5.73 Å². The van der Waals surface area contributed by atoms with Crippen LogP contribution in [0.4, 0.5) is 0 Å². The molecule has 2 amide bonds. The third-order valence-electron chi connectivity index (χ3n) is 4.28. The van der Waals surface area contributed by atoms with Gasteiger partial charge in [-0.2, -0.15) is 0 Å². The monoisotopic (exact) mass is 336 g/mol. The molecule has 0 spiro atoms. The molecule has 0 saturated heterocycles. The normalized spacial score (nSPS) is 11.0. The highest BCUT2D eigenvalue weighted by Gasteiger charge is 2.15. The fourth-order valence-corrected chi connectivity index (χ4v) is 2.58. The van der Waals surface area contributed by atoms with Crippen LogP contribution in [0.2, 0.25) is 0 Å². The van der Waals surface area contributed by atoms with Gasteiger partial charge in [0.05, 0.1) is 11.1 Å². The van der Waals surface area contributed by atoms with E-state index < -0.39 is 5.91 Å². The minimum atomic E-state index is -0.513. The highest BCUT2D eigenvalue weighted by molar-refractivity contribution is 6.04. The van der Waals surface area contributed by atoms with Gasteiger partial charge < -0.3 is 15.6 Å². The quantitative estimate of drug-likeness (QED) is 0.767. The molecule has 2 aromatic carbocycles. The molecule has 0 saturated carbocycles. The third-order valence-corrected chi connectivity index (χ3v) is 4.28. The molecule has 0 radical (unpaired) electrons. The molecule has 0 aliphatic heterocycles. The number of H-pyrrole nitrogens is 1. The number of hydrogen-bond acceptors (Lipinski definition) is 3. The van der Waals surface area contributed by atoms with Crippen molar-refractivity contribution in [1.29, 1.82) is 0 Å². The Balaban J connectivity index is 1.95. The van der Waals surface area contributed by atoms with Crippen molar-refractivity contribution in [3.63, 3.8) is 0 Å². The third kappa shape index (κ3) is 3.10. The molecule has 3 rings (SSSR count). The summed E-state index contributed by atoms with van der Waals surface area (Å²) in [5, 5.41) is 0. The van der Waals surface area contributed by atoms with Crippen LogP contribution in [0.5, 0.6) is 0 Å².